The first-order valence-electron chi connectivity index (χ1n) is 16.1. The maximum absolute atomic E-state index is 12.2. The SMILES string of the molecule is CC(=O)N[C@H]1[C@H](O[C@H]2[C@H](O)[C@H](NC(C)=O)C(O)O[C@@H]2CO)O[C@H](CO)[C@@H](O[C@@H]2O[C@H](CO)[C@@H](O)[C@H](O[C@@H]3O[C@H](CO)[C@@H](O)[C@H](O)[C@@H]3O)[C@@H]2O)[C@@H]1O. The molecule has 2 amide bonds. The number of nitrogens with one attached hydrogen (secondary N) is 2. The molecule has 0 aromatic carbocycles. The minimum Gasteiger partial charge on any atom is -0.394 e. The minimum absolute atomic E-state index is 0.660. The van der Waals surface area contributed by atoms with Gasteiger partial charge in [-0.1, -0.05) is 0 Å². The Balaban J connectivity index is 1.56. The molecule has 4 fully saturated rings. The smallest absolute Gasteiger partial charge is 0.217 e. The highest BCUT2D eigenvalue weighted by Crippen LogP contribution is 2.34. The highest BCUT2D eigenvalue weighted by atomic mass is 16.8. The van der Waals surface area contributed by atoms with Gasteiger partial charge in [0.2, 0.25) is 11.8 Å². The van der Waals surface area contributed by atoms with E-state index < -0.39 is 161 Å². The van der Waals surface area contributed by atoms with Crippen LogP contribution in [0.4, 0.5) is 0 Å². The summed E-state index contributed by atoms with van der Waals surface area (Å²) >= 11 is 0. The van der Waals surface area contributed by atoms with Gasteiger partial charge in [0.05, 0.1) is 26.4 Å². The Bertz CT molecular complexity index is 1140. The number of ether oxygens (including phenoxy) is 7. The van der Waals surface area contributed by atoms with Gasteiger partial charge in [-0.25, -0.2) is 0 Å². The van der Waals surface area contributed by atoms with Crippen LogP contribution >= 0.6 is 0 Å². The molecule has 0 aromatic rings. The van der Waals surface area contributed by atoms with Crippen molar-refractivity contribution in [3.05, 3.63) is 0 Å². The van der Waals surface area contributed by atoms with Crippen LogP contribution in [0.1, 0.15) is 13.8 Å². The van der Waals surface area contributed by atoms with Gasteiger partial charge in [-0.3, -0.25) is 9.59 Å². The summed E-state index contributed by atoms with van der Waals surface area (Å²) in [4.78, 5) is 23.9. The predicted molar refractivity (Wildman–Crippen MR) is 157 cm³/mol. The molecule has 4 rings (SSSR count). The summed E-state index contributed by atoms with van der Waals surface area (Å²) in [5, 5.41) is 130. The number of aliphatic hydroxyl groups is 12. The van der Waals surface area contributed by atoms with Gasteiger partial charge in [-0.2, -0.15) is 0 Å². The van der Waals surface area contributed by atoms with Crippen molar-refractivity contribution in [2.75, 3.05) is 26.4 Å². The molecule has 51 heavy (non-hydrogen) atoms. The van der Waals surface area contributed by atoms with Crippen molar-refractivity contribution in [2.45, 2.75) is 137 Å². The molecule has 23 nitrogen and oxygen atoms in total. The van der Waals surface area contributed by atoms with Gasteiger partial charge in [-0.05, 0) is 0 Å². The zero-order valence-corrected chi connectivity index (χ0v) is 27.4. The third kappa shape index (κ3) is 9.11. The van der Waals surface area contributed by atoms with E-state index in [0.29, 0.717) is 0 Å². The summed E-state index contributed by atoms with van der Waals surface area (Å²) in [5.41, 5.74) is 0. The van der Waals surface area contributed by atoms with Gasteiger partial charge >= 0.3 is 0 Å². The number of amides is 2. The lowest BCUT2D eigenvalue weighted by atomic mass is 9.94. The van der Waals surface area contributed by atoms with Crippen molar-refractivity contribution in [1.29, 1.82) is 0 Å². The van der Waals surface area contributed by atoms with E-state index in [-0.39, 0.29) is 0 Å². The second kappa shape index (κ2) is 18.0. The molecule has 20 atom stereocenters. The summed E-state index contributed by atoms with van der Waals surface area (Å²) < 4.78 is 39.1. The molecular formula is C28H48N2O21. The lowest BCUT2D eigenvalue weighted by Crippen LogP contribution is -2.70. The predicted octanol–water partition coefficient (Wildman–Crippen LogP) is -9.46. The van der Waals surface area contributed by atoms with E-state index in [9.17, 15) is 70.9 Å². The molecule has 296 valence electrons. The fraction of sp³-hybridized carbons (Fsp3) is 0.929. The topological polar surface area (TPSA) is 366 Å². The van der Waals surface area contributed by atoms with Crippen LogP contribution in [-0.2, 0) is 42.7 Å². The van der Waals surface area contributed by atoms with E-state index in [1.165, 1.54) is 0 Å². The highest BCUT2D eigenvalue weighted by molar-refractivity contribution is 5.73. The zero-order valence-electron chi connectivity index (χ0n) is 27.4. The number of hydrogen-bond donors (Lipinski definition) is 14. The van der Waals surface area contributed by atoms with Gasteiger partial charge in [0.25, 0.3) is 0 Å². The van der Waals surface area contributed by atoms with Crippen LogP contribution in [0, 0.1) is 0 Å². The van der Waals surface area contributed by atoms with Crippen LogP contribution in [0.3, 0.4) is 0 Å². The van der Waals surface area contributed by atoms with Crippen LogP contribution in [0.25, 0.3) is 0 Å². The van der Waals surface area contributed by atoms with Crippen LogP contribution in [0.2, 0.25) is 0 Å². The van der Waals surface area contributed by atoms with Crippen LogP contribution in [0.15, 0.2) is 0 Å². The molecule has 0 saturated carbocycles. The van der Waals surface area contributed by atoms with Crippen molar-refractivity contribution in [1.82, 2.24) is 10.6 Å². The summed E-state index contributed by atoms with van der Waals surface area (Å²) in [5.74, 6) is -1.40. The maximum Gasteiger partial charge on any atom is 0.217 e. The fourth-order valence-electron chi connectivity index (χ4n) is 6.35. The van der Waals surface area contributed by atoms with Crippen molar-refractivity contribution < 1.29 is 104 Å². The first-order chi connectivity index (χ1) is 24.1. The van der Waals surface area contributed by atoms with E-state index in [1.807, 2.05) is 0 Å². The van der Waals surface area contributed by atoms with Gasteiger partial charge in [0.15, 0.2) is 25.2 Å². The van der Waals surface area contributed by atoms with E-state index in [2.05, 4.69) is 10.6 Å². The highest BCUT2D eigenvalue weighted by Gasteiger charge is 2.55. The standard InChI is InChI=1S/C28H48N2O21/c1-7(35)29-13-17(39)22(11(5-33)45-25(13)44)49-26-14(30-8(2)36)18(40)23(12(6-34)48-26)50-28-21(43)24(16(38)10(4-32)47-28)51-27-20(42)19(41)15(37)9(3-31)46-27/h9-28,31-34,37-44H,3-6H2,1-2H3,(H,29,35)(H,30,36)/t9-,10-,11-,12-,13+,14-,15-,16-,17-,18-,19+,20+,21+,22-,23-,24+,25?,26+,27+,28+/m1/s1. The van der Waals surface area contributed by atoms with E-state index in [0.717, 1.165) is 13.8 Å². The number of carbonyl (C=O) groups excluding carboxylic acids is 2. The summed E-state index contributed by atoms with van der Waals surface area (Å²) in [6, 6.07) is -3.04. The molecule has 0 radical (unpaired) electrons. The van der Waals surface area contributed by atoms with Crippen molar-refractivity contribution in [3.63, 3.8) is 0 Å². The van der Waals surface area contributed by atoms with Crippen LogP contribution in [-0.4, -0.2) is 222 Å². The van der Waals surface area contributed by atoms with Crippen molar-refractivity contribution in [2.24, 2.45) is 0 Å². The first-order valence-corrected chi connectivity index (χ1v) is 16.1. The van der Waals surface area contributed by atoms with Gasteiger partial charge in [0, 0.05) is 13.8 Å². The van der Waals surface area contributed by atoms with Crippen molar-refractivity contribution in [3.8, 4) is 0 Å². The molecule has 1 unspecified atom stereocenters. The molecule has 4 aliphatic rings. The number of rotatable bonds is 12. The lowest BCUT2D eigenvalue weighted by molar-refractivity contribution is -0.379. The molecule has 14 N–H and O–H groups in total. The Labute approximate surface area is 289 Å². The van der Waals surface area contributed by atoms with E-state index in [1.54, 1.807) is 0 Å². The van der Waals surface area contributed by atoms with Crippen LogP contribution < -0.4 is 10.6 Å². The first kappa shape index (κ1) is 41.9. The molecule has 0 aliphatic carbocycles. The zero-order chi connectivity index (χ0) is 37.9. The number of hydrogen-bond acceptors (Lipinski definition) is 21. The Hall–Kier alpha value is -1.82. The Morgan fingerprint density at radius 2 is 0.882 bits per heavy atom. The molecule has 23 heteroatoms. The quantitative estimate of drug-likeness (QED) is 0.0881. The molecule has 0 spiro atoms. The molecule has 4 heterocycles. The van der Waals surface area contributed by atoms with Crippen LogP contribution in [0.5, 0.6) is 0 Å². The second-order valence-electron chi connectivity index (χ2n) is 12.6. The molecule has 0 bridgehead atoms. The fourth-order valence-corrected chi connectivity index (χ4v) is 6.35. The second-order valence-corrected chi connectivity index (χ2v) is 12.6. The Kier molecular flexibility index (Phi) is 14.8. The average Bonchev–Trinajstić information content (AvgIpc) is 3.09. The van der Waals surface area contributed by atoms with Gasteiger partial charge in [0.1, 0.15) is 97.5 Å². The molecule has 4 saturated heterocycles. The summed E-state index contributed by atoms with van der Waals surface area (Å²) in [7, 11) is 0. The van der Waals surface area contributed by atoms with Crippen molar-refractivity contribution >= 4 is 11.8 Å². The number of aliphatic hydroxyl groups excluding tert-OH is 12. The molecule has 4 aliphatic heterocycles. The van der Waals surface area contributed by atoms with Gasteiger partial charge in [-0.15, -0.1) is 0 Å². The van der Waals surface area contributed by atoms with Gasteiger partial charge < -0.3 is 105 Å². The maximum atomic E-state index is 12.2. The lowest BCUT2D eigenvalue weighted by Gasteiger charge is -2.50. The normalized spacial score (nSPS) is 47.8. The van der Waals surface area contributed by atoms with E-state index >= 15 is 0 Å². The molecular weight excluding hydrogens is 700 g/mol. The average molecular weight is 749 g/mol. The molecule has 0 aromatic heterocycles. The Morgan fingerprint density at radius 3 is 1.41 bits per heavy atom. The summed E-state index contributed by atoms with van der Waals surface area (Å²) in [6.45, 7) is -1.28. The minimum atomic E-state index is -2.04. The monoisotopic (exact) mass is 748 g/mol. The third-order valence-electron chi connectivity index (χ3n) is 9.01. The Morgan fingerprint density at radius 1 is 0.471 bits per heavy atom. The number of carbonyl (C=O) groups is 2. The van der Waals surface area contributed by atoms with E-state index in [4.69, 9.17) is 33.2 Å². The summed E-state index contributed by atoms with van der Waals surface area (Å²) in [6.07, 6.45) is -31.4. The third-order valence-corrected chi connectivity index (χ3v) is 9.01. The largest absolute Gasteiger partial charge is 0.394 e.